The molecule has 1 aliphatic heterocycles. The lowest BCUT2D eigenvalue weighted by Gasteiger charge is -2.68. The van der Waals surface area contributed by atoms with E-state index in [2.05, 4.69) is 0 Å². The Labute approximate surface area is 163 Å². The fourth-order valence-corrected chi connectivity index (χ4v) is 4.05. The van der Waals surface area contributed by atoms with E-state index in [-0.39, 0.29) is 11.5 Å². The topological polar surface area (TPSA) is 63.7 Å². The van der Waals surface area contributed by atoms with Crippen LogP contribution < -0.4 is 0 Å². The second kappa shape index (κ2) is 6.25. The Balaban J connectivity index is 2.46. The van der Waals surface area contributed by atoms with E-state index in [1.54, 1.807) is 30.3 Å². The van der Waals surface area contributed by atoms with E-state index in [0.717, 1.165) is 0 Å². The molecular formula is C12H7B8NO4S. The number of rotatable bonds is 2. The number of hydrogen-bond acceptors (Lipinski definition) is 4. The first-order chi connectivity index (χ1) is 11.6. The Morgan fingerprint density at radius 2 is 1.31 bits per heavy atom. The van der Waals surface area contributed by atoms with Crippen molar-refractivity contribution in [1.82, 2.24) is 4.90 Å². The third kappa shape index (κ3) is 2.71. The van der Waals surface area contributed by atoms with Gasteiger partial charge in [0.1, 0.15) is 16.4 Å². The summed E-state index contributed by atoms with van der Waals surface area (Å²) in [5.41, 5.74) is 0.600. The first kappa shape index (κ1) is 21.3. The molecule has 1 amide bonds. The zero-order chi connectivity index (χ0) is 20.2. The van der Waals surface area contributed by atoms with E-state index < -0.39 is 35.7 Å². The highest BCUT2D eigenvalue weighted by atomic mass is 32.2. The van der Waals surface area contributed by atoms with Crippen molar-refractivity contribution in [2.24, 2.45) is 0 Å². The average Bonchev–Trinajstić information content (AvgIpc) is 2.52. The summed E-state index contributed by atoms with van der Waals surface area (Å²) in [5, 5.41) is -5.60. The second-order valence-corrected chi connectivity index (χ2v) is 8.47. The van der Waals surface area contributed by atoms with Crippen molar-refractivity contribution in [3.05, 3.63) is 35.9 Å². The van der Waals surface area contributed by atoms with Crippen molar-refractivity contribution in [2.75, 3.05) is 0 Å². The normalized spacial score (nSPS) is 24.4. The number of nitrogens with zero attached hydrogens (tertiary/aromatic N) is 1. The number of carbonyl (C=O) groups excluding carboxylic acids is 1. The number of ether oxygens (including phenoxy) is 1. The highest BCUT2D eigenvalue weighted by molar-refractivity contribution is 7.99. The molecule has 0 N–H and O–H groups in total. The van der Waals surface area contributed by atoms with Crippen molar-refractivity contribution < 1.29 is 17.9 Å². The van der Waals surface area contributed by atoms with Gasteiger partial charge in [-0.2, -0.15) is 0 Å². The molecule has 1 aromatic rings. The number of hydrogen-bond donors (Lipinski definition) is 0. The van der Waals surface area contributed by atoms with Crippen molar-refractivity contribution >= 4 is 78.7 Å². The van der Waals surface area contributed by atoms with Gasteiger partial charge in [-0.1, -0.05) is 30.3 Å². The minimum Gasteiger partial charge on any atom is -0.445 e. The van der Waals surface area contributed by atoms with Gasteiger partial charge >= 0.3 is 6.09 Å². The average molecular weight is 348 g/mol. The molecule has 1 fully saturated rings. The minimum absolute atomic E-state index is 0.226. The van der Waals surface area contributed by atoms with Crippen molar-refractivity contribution in [3.63, 3.8) is 0 Å². The van der Waals surface area contributed by atoms with Crippen molar-refractivity contribution in [1.29, 1.82) is 0 Å². The number of benzene rings is 1. The molecule has 0 saturated carbocycles. The van der Waals surface area contributed by atoms with Crippen LogP contribution in [0, 0.1) is 0 Å². The lowest BCUT2D eigenvalue weighted by Crippen LogP contribution is -2.89. The van der Waals surface area contributed by atoms with Gasteiger partial charge in [0.25, 0.3) is 0 Å². The molecule has 1 saturated heterocycles. The zero-order valence-corrected chi connectivity index (χ0v) is 14.5. The summed E-state index contributed by atoms with van der Waals surface area (Å²) in [6.07, 6.45) is -1.32. The molecule has 26 heavy (non-hydrogen) atoms. The minimum atomic E-state index is -4.93. The largest absolute Gasteiger partial charge is 0.445 e. The van der Waals surface area contributed by atoms with Gasteiger partial charge in [-0.05, 0) is 16.2 Å². The monoisotopic (exact) mass is 349 g/mol. The van der Waals surface area contributed by atoms with E-state index >= 15 is 0 Å². The molecule has 16 radical (unpaired) electrons. The van der Waals surface area contributed by atoms with Gasteiger partial charge in [-0.25, -0.2) is 13.2 Å². The summed E-state index contributed by atoms with van der Waals surface area (Å²) < 4.78 is 24.1. The van der Waals surface area contributed by atoms with Gasteiger partial charge in [-0.3, -0.25) is 0 Å². The maximum absolute atomic E-state index is 12.6. The summed E-state index contributed by atoms with van der Waals surface area (Å²) in [6, 6.07) is 8.50. The van der Waals surface area contributed by atoms with E-state index in [4.69, 9.17) is 67.5 Å². The van der Waals surface area contributed by atoms with E-state index in [1.165, 1.54) is 0 Å². The molecule has 14 heteroatoms. The maximum atomic E-state index is 12.6. The maximum Gasteiger partial charge on any atom is 0.408 e. The molecule has 114 valence electrons. The molecule has 1 heterocycles. The Kier molecular flexibility index (Phi) is 5.11. The van der Waals surface area contributed by atoms with Gasteiger partial charge in [0, 0.05) is 9.09 Å². The standard InChI is InChI=1S/C12H7B8NO4S/c13-9(14)11(17,18)26(23,24)12(19,20)10(15,16)21(9)8(22)25-6-7-4-2-1-3-5-7/h1-5H,6H2. The smallest absolute Gasteiger partial charge is 0.408 e. The van der Waals surface area contributed by atoms with Crippen LogP contribution in [0.15, 0.2) is 30.3 Å². The van der Waals surface area contributed by atoms with Gasteiger partial charge in [0.15, 0.2) is 0 Å². The van der Waals surface area contributed by atoms with E-state index in [0.29, 0.717) is 5.56 Å². The molecule has 0 aliphatic carbocycles. The second-order valence-electron chi connectivity index (χ2n) is 6.12. The summed E-state index contributed by atoms with van der Waals surface area (Å²) in [7, 11) is 40.4. The highest BCUT2D eigenvalue weighted by Gasteiger charge is 2.66. The molecule has 5 nitrogen and oxygen atoms in total. The molecule has 1 aromatic carbocycles. The molecule has 0 spiro atoms. The van der Waals surface area contributed by atoms with Crippen LogP contribution in [0.5, 0.6) is 0 Å². The fourth-order valence-electron chi connectivity index (χ4n) is 2.45. The first-order valence-electron chi connectivity index (χ1n) is 7.18. The predicted molar refractivity (Wildman–Crippen MR) is 104 cm³/mol. The van der Waals surface area contributed by atoms with Crippen LogP contribution in [-0.4, -0.2) is 102 Å². The van der Waals surface area contributed by atoms with Crippen LogP contribution in [0.3, 0.4) is 0 Å². The third-order valence-corrected chi connectivity index (χ3v) is 6.70. The lowest BCUT2D eigenvalue weighted by molar-refractivity contribution is 0.0703. The van der Waals surface area contributed by atoms with Gasteiger partial charge in [0.05, 0.1) is 62.8 Å². The van der Waals surface area contributed by atoms with Crippen LogP contribution >= 0.6 is 0 Å². The van der Waals surface area contributed by atoms with Gasteiger partial charge in [-0.15, -0.1) is 0 Å². The van der Waals surface area contributed by atoms with Crippen LogP contribution in [0.2, 0.25) is 0 Å². The Bertz CT molecular complexity index is 778. The van der Waals surface area contributed by atoms with Crippen LogP contribution in [-0.2, 0) is 21.2 Å². The van der Waals surface area contributed by atoms with Crippen LogP contribution in [0.4, 0.5) is 4.79 Å². The fraction of sp³-hybridized carbons (Fsp3) is 0.417. The van der Waals surface area contributed by atoms with E-state index in [9.17, 15) is 13.2 Å². The summed E-state index contributed by atoms with van der Waals surface area (Å²) in [5.74, 6) is 0. The molecule has 0 atom stereocenters. The Morgan fingerprint density at radius 1 is 0.885 bits per heavy atom. The zero-order valence-electron chi connectivity index (χ0n) is 13.7. The summed E-state index contributed by atoms with van der Waals surface area (Å²) in [4.78, 5) is 12.8. The SMILES string of the molecule is [B]C1([B])N(C(=O)OCc2ccccc2)C([B])([B])C([B])([B])S(=O)(=O)C1([B])[B]. The van der Waals surface area contributed by atoms with Crippen molar-refractivity contribution in [3.8, 4) is 0 Å². The predicted octanol–water partition coefficient (Wildman–Crippen LogP) is -2.98. The molecular weight excluding hydrogens is 341 g/mol. The molecule has 2 rings (SSSR count). The lowest BCUT2D eigenvalue weighted by atomic mass is 9.35. The van der Waals surface area contributed by atoms with Crippen LogP contribution in [0.1, 0.15) is 5.56 Å². The third-order valence-electron chi connectivity index (χ3n) is 4.27. The Morgan fingerprint density at radius 3 is 1.73 bits per heavy atom. The van der Waals surface area contributed by atoms with E-state index in [1.807, 2.05) is 0 Å². The highest BCUT2D eigenvalue weighted by Crippen LogP contribution is 2.45. The number of carbonyl (C=O) groups is 1. The molecule has 0 unspecified atom stereocenters. The first-order valence-corrected chi connectivity index (χ1v) is 8.67. The Hall–Kier alpha value is -1.04. The summed E-state index contributed by atoms with van der Waals surface area (Å²) >= 11 is 0. The van der Waals surface area contributed by atoms with Crippen molar-refractivity contribution in [2.45, 2.75) is 26.4 Å². The van der Waals surface area contributed by atoms with Gasteiger partial charge < -0.3 is 9.64 Å². The summed E-state index contributed by atoms with van der Waals surface area (Å²) in [6.45, 7) is -0.237. The quantitative estimate of drug-likeness (QED) is 0.536. The van der Waals surface area contributed by atoms with Gasteiger partial charge in [0.2, 0.25) is 0 Å². The number of amides is 1. The molecule has 0 bridgehead atoms. The molecule has 1 aliphatic rings. The molecule has 0 aromatic heterocycles. The number of sulfone groups is 1. The van der Waals surface area contributed by atoms with Crippen LogP contribution in [0.25, 0.3) is 0 Å².